The Morgan fingerprint density at radius 2 is 1.94 bits per heavy atom. The summed E-state index contributed by atoms with van der Waals surface area (Å²) in [6.45, 7) is 1.07. The van der Waals surface area contributed by atoms with Gasteiger partial charge in [0.1, 0.15) is 11.3 Å². The number of likely N-dealkylation sites (tertiary alicyclic amines) is 1. The molecular weight excluding hydrogens is 250 g/mol. The molecule has 1 aliphatic rings. The minimum atomic E-state index is -3.57. The van der Waals surface area contributed by atoms with E-state index in [0.717, 1.165) is 11.2 Å². The van der Waals surface area contributed by atoms with Crippen molar-refractivity contribution in [3.05, 3.63) is 0 Å². The first kappa shape index (κ1) is 13.9. The molecule has 1 saturated heterocycles. The van der Waals surface area contributed by atoms with Crippen LogP contribution in [0.15, 0.2) is 0 Å². The lowest BCUT2D eigenvalue weighted by Gasteiger charge is -2.23. The number of aliphatic carboxylic acids is 1. The van der Waals surface area contributed by atoms with Crippen LogP contribution in [0.25, 0.3) is 0 Å². The molecule has 0 bridgehead atoms. The molecule has 0 aromatic heterocycles. The predicted octanol–water partition coefficient (Wildman–Crippen LogP) is -1.53. The maximum absolute atomic E-state index is 11.8. The highest BCUT2D eigenvalue weighted by molar-refractivity contribution is 7.92. The number of nitrogens with zero attached hydrogens (tertiary/aromatic N) is 1. The Kier molecular flexibility index (Phi) is 3.78. The number of aliphatic hydroxyl groups is 1. The molecule has 1 unspecified atom stereocenters. The van der Waals surface area contributed by atoms with Gasteiger partial charge in [-0.1, -0.05) is 0 Å². The second kappa shape index (κ2) is 4.61. The van der Waals surface area contributed by atoms with Crippen molar-refractivity contribution in [2.75, 3.05) is 12.8 Å². The average Bonchev–Trinajstić information content (AvgIpc) is 2.56. The summed E-state index contributed by atoms with van der Waals surface area (Å²) < 4.78 is 22.5. The van der Waals surface area contributed by atoms with Crippen molar-refractivity contribution >= 4 is 21.7 Å². The van der Waals surface area contributed by atoms with Crippen LogP contribution in [0.5, 0.6) is 0 Å². The van der Waals surface area contributed by atoms with Crippen LogP contribution in [0.3, 0.4) is 0 Å². The van der Waals surface area contributed by atoms with E-state index in [1.165, 1.54) is 6.92 Å². The third-order valence-electron chi connectivity index (χ3n) is 2.84. The minimum absolute atomic E-state index is 0.0719. The Morgan fingerprint density at radius 3 is 2.35 bits per heavy atom. The molecule has 1 amide bonds. The van der Waals surface area contributed by atoms with Crippen LogP contribution < -0.4 is 0 Å². The van der Waals surface area contributed by atoms with Crippen LogP contribution in [0, 0.1) is 0 Å². The molecule has 1 fully saturated rings. The molecule has 0 spiro atoms. The van der Waals surface area contributed by atoms with Crippen LogP contribution >= 0.6 is 0 Å². The number of carbonyl (C=O) groups is 2. The Bertz CT molecular complexity index is 431. The molecule has 7 nitrogen and oxygen atoms in total. The lowest BCUT2D eigenvalue weighted by molar-refractivity contribution is -0.147. The molecular formula is C9H15NO6S. The minimum Gasteiger partial charge on any atom is -0.480 e. The lowest BCUT2D eigenvalue weighted by Crippen LogP contribution is -2.46. The molecule has 0 radical (unpaired) electrons. The van der Waals surface area contributed by atoms with E-state index in [0.29, 0.717) is 0 Å². The first-order valence-corrected chi connectivity index (χ1v) is 7.00. The van der Waals surface area contributed by atoms with Gasteiger partial charge in [-0.15, -0.1) is 0 Å². The van der Waals surface area contributed by atoms with E-state index in [1.807, 2.05) is 0 Å². The quantitative estimate of drug-likeness (QED) is 0.640. The first-order chi connectivity index (χ1) is 7.64. The number of sulfone groups is 1. The molecule has 98 valence electrons. The summed E-state index contributed by atoms with van der Waals surface area (Å²) in [6.07, 6.45) is -0.0816. The number of carboxylic acid groups (broad SMARTS) is 1. The summed E-state index contributed by atoms with van der Waals surface area (Å²) in [5.41, 5.74) is 0. The number of carboxylic acids is 1. The van der Waals surface area contributed by atoms with E-state index in [9.17, 15) is 23.1 Å². The van der Waals surface area contributed by atoms with Gasteiger partial charge in [-0.25, -0.2) is 13.2 Å². The molecule has 3 atom stereocenters. The Hall–Kier alpha value is -1.15. The third kappa shape index (κ3) is 2.95. The van der Waals surface area contributed by atoms with E-state index in [-0.39, 0.29) is 13.0 Å². The van der Waals surface area contributed by atoms with Crippen LogP contribution in [-0.4, -0.2) is 65.6 Å². The fourth-order valence-corrected chi connectivity index (χ4v) is 2.21. The SMILES string of the molecule is CC(C(=O)N1C[C@@H](O)C[C@H]1C(=O)O)S(C)(=O)=O. The maximum Gasteiger partial charge on any atom is 0.326 e. The molecule has 0 saturated carbocycles. The van der Waals surface area contributed by atoms with Gasteiger partial charge in [-0.2, -0.15) is 0 Å². The highest BCUT2D eigenvalue weighted by atomic mass is 32.2. The standard InChI is InChI=1S/C9H15NO6S/c1-5(17(2,15)16)8(12)10-4-6(11)3-7(10)9(13)14/h5-7,11H,3-4H2,1-2H3,(H,13,14)/t5?,6-,7-/m0/s1. The number of rotatable bonds is 3. The molecule has 0 aliphatic carbocycles. The number of hydrogen-bond acceptors (Lipinski definition) is 5. The van der Waals surface area contributed by atoms with Crippen LogP contribution in [-0.2, 0) is 19.4 Å². The highest BCUT2D eigenvalue weighted by Gasteiger charge is 2.42. The first-order valence-electron chi connectivity index (χ1n) is 5.04. The fraction of sp³-hybridized carbons (Fsp3) is 0.778. The third-order valence-corrected chi connectivity index (χ3v) is 4.32. The zero-order chi connectivity index (χ0) is 13.4. The largest absolute Gasteiger partial charge is 0.480 e. The van der Waals surface area contributed by atoms with Crippen LogP contribution in [0.1, 0.15) is 13.3 Å². The lowest BCUT2D eigenvalue weighted by atomic mass is 10.2. The Labute approximate surface area is 98.9 Å². The van der Waals surface area contributed by atoms with Crippen molar-refractivity contribution in [2.24, 2.45) is 0 Å². The molecule has 2 N–H and O–H groups in total. The van der Waals surface area contributed by atoms with E-state index in [4.69, 9.17) is 5.11 Å². The topological polar surface area (TPSA) is 112 Å². The molecule has 1 rings (SSSR count). The van der Waals surface area contributed by atoms with E-state index < -0.39 is 39.1 Å². The molecule has 1 aliphatic heterocycles. The van der Waals surface area contributed by atoms with Gasteiger partial charge in [0.25, 0.3) is 0 Å². The highest BCUT2D eigenvalue weighted by Crippen LogP contribution is 2.20. The van der Waals surface area contributed by atoms with Gasteiger partial charge in [0.15, 0.2) is 9.84 Å². The van der Waals surface area contributed by atoms with Crippen molar-refractivity contribution in [1.29, 1.82) is 0 Å². The summed E-state index contributed by atoms with van der Waals surface area (Å²) >= 11 is 0. The van der Waals surface area contributed by atoms with E-state index in [2.05, 4.69) is 0 Å². The van der Waals surface area contributed by atoms with Crippen molar-refractivity contribution in [3.63, 3.8) is 0 Å². The molecule has 1 heterocycles. The summed E-state index contributed by atoms with van der Waals surface area (Å²) in [5.74, 6) is -2.02. The maximum atomic E-state index is 11.8. The van der Waals surface area contributed by atoms with Gasteiger partial charge in [0.2, 0.25) is 5.91 Å². The smallest absolute Gasteiger partial charge is 0.326 e. The monoisotopic (exact) mass is 265 g/mol. The van der Waals surface area contributed by atoms with E-state index >= 15 is 0 Å². The second-order valence-electron chi connectivity index (χ2n) is 4.21. The zero-order valence-corrected chi connectivity index (χ0v) is 10.3. The Morgan fingerprint density at radius 1 is 1.41 bits per heavy atom. The van der Waals surface area contributed by atoms with Crippen molar-refractivity contribution in [3.8, 4) is 0 Å². The summed E-state index contributed by atoms with van der Waals surface area (Å²) in [5, 5.41) is 16.9. The van der Waals surface area contributed by atoms with Gasteiger partial charge >= 0.3 is 5.97 Å². The van der Waals surface area contributed by atoms with Gasteiger partial charge in [-0.05, 0) is 6.92 Å². The summed E-state index contributed by atoms with van der Waals surface area (Å²) in [6, 6.07) is -1.15. The number of aliphatic hydroxyl groups excluding tert-OH is 1. The number of amides is 1. The normalized spacial score (nSPS) is 26.9. The van der Waals surface area contributed by atoms with Gasteiger partial charge in [-0.3, -0.25) is 4.79 Å². The second-order valence-corrected chi connectivity index (χ2v) is 6.57. The number of carbonyl (C=O) groups excluding carboxylic acids is 1. The summed E-state index contributed by atoms with van der Waals surface area (Å²) in [4.78, 5) is 23.6. The van der Waals surface area contributed by atoms with Gasteiger partial charge in [0.05, 0.1) is 6.10 Å². The summed E-state index contributed by atoms with van der Waals surface area (Å²) in [7, 11) is -3.57. The van der Waals surface area contributed by atoms with Crippen molar-refractivity contribution < 1.29 is 28.2 Å². The molecule has 8 heteroatoms. The van der Waals surface area contributed by atoms with E-state index in [1.54, 1.807) is 0 Å². The zero-order valence-electron chi connectivity index (χ0n) is 9.53. The number of β-amino-alcohol motifs (C(OH)–C–C–N with tert-alkyl or cyclic N) is 1. The van der Waals surface area contributed by atoms with Gasteiger partial charge in [0, 0.05) is 19.2 Å². The molecule has 0 aromatic carbocycles. The molecule has 0 aromatic rings. The molecule has 17 heavy (non-hydrogen) atoms. The Balaban J connectivity index is 2.92. The van der Waals surface area contributed by atoms with Crippen LogP contribution in [0.2, 0.25) is 0 Å². The van der Waals surface area contributed by atoms with Crippen molar-refractivity contribution in [2.45, 2.75) is 30.7 Å². The van der Waals surface area contributed by atoms with Crippen LogP contribution in [0.4, 0.5) is 0 Å². The predicted molar refractivity (Wildman–Crippen MR) is 58.1 cm³/mol. The van der Waals surface area contributed by atoms with Crippen molar-refractivity contribution in [1.82, 2.24) is 4.90 Å². The number of hydrogen-bond donors (Lipinski definition) is 2. The van der Waals surface area contributed by atoms with Gasteiger partial charge < -0.3 is 15.1 Å². The average molecular weight is 265 g/mol. The fourth-order valence-electron chi connectivity index (χ4n) is 1.71.